The molecule has 0 radical (unpaired) electrons. The van der Waals surface area contributed by atoms with Crippen LogP contribution in [-0.2, 0) is 0 Å². The summed E-state index contributed by atoms with van der Waals surface area (Å²) in [6.07, 6.45) is 1.28. The highest BCUT2D eigenvalue weighted by atomic mass is 15.1. The third-order valence-electron chi connectivity index (χ3n) is 2.50. The van der Waals surface area contributed by atoms with Crippen molar-refractivity contribution in [3.05, 3.63) is 0 Å². The number of rotatable bonds is 7. The van der Waals surface area contributed by atoms with Gasteiger partial charge in [-0.05, 0) is 32.5 Å². The molecule has 0 aliphatic rings. The molecule has 0 saturated heterocycles. The highest BCUT2D eigenvalue weighted by Gasteiger charge is 2.07. The summed E-state index contributed by atoms with van der Waals surface area (Å²) < 4.78 is 0. The van der Waals surface area contributed by atoms with E-state index in [9.17, 15) is 0 Å². The van der Waals surface area contributed by atoms with Crippen LogP contribution in [0.2, 0.25) is 0 Å². The van der Waals surface area contributed by atoms with E-state index in [-0.39, 0.29) is 0 Å². The van der Waals surface area contributed by atoms with Crippen molar-refractivity contribution >= 4 is 0 Å². The second-order valence-electron chi connectivity index (χ2n) is 4.40. The molecule has 2 unspecified atom stereocenters. The minimum atomic E-state index is 0.749. The van der Waals surface area contributed by atoms with E-state index in [2.05, 4.69) is 38.0 Å². The van der Waals surface area contributed by atoms with Crippen LogP contribution in [0.15, 0.2) is 0 Å². The van der Waals surface area contributed by atoms with Crippen LogP contribution in [0, 0.1) is 11.8 Å². The van der Waals surface area contributed by atoms with Gasteiger partial charge in [-0.2, -0.15) is 0 Å². The summed E-state index contributed by atoms with van der Waals surface area (Å²) >= 11 is 0. The fraction of sp³-hybridized carbons (Fsp3) is 1.00. The predicted molar refractivity (Wildman–Crippen MR) is 60.0 cm³/mol. The van der Waals surface area contributed by atoms with Gasteiger partial charge < -0.3 is 10.2 Å². The molecule has 0 aromatic rings. The molecule has 2 heteroatoms. The molecule has 0 heterocycles. The molecule has 0 aliphatic carbocycles. The maximum Gasteiger partial charge on any atom is 0.00162 e. The van der Waals surface area contributed by atoms with E-state index in [4.69, 9.17) is 0 Å². The third kappa shape index (κ3) is 7.03. The van der Waals surface area contributed by atoms with E-state index >= 15 is 0 Å². The number of nitrogens with one attached hydrogen (secondary N) is 1. The molecule has 0 spiro atoms. The van der Waals surface area contributed by atoms with Crippen LogP contribution >= 0.6 is 0 Å². The second-order valence-corrected chi connectivity index (χ2v) is 4.40. The standard InChI is InChI=1S/C11H26N2/c1-6-10(2)8-13(5)9-11(3)7-12-4/h10-12H,6-9H2,1-5H3. The molecule has 0 bridgehead atoms. The van der Waals surface area contributed by atoms with Crippen LogP contribution in [-0.4, -0.2) is 38.6 Å². The van der Waals surface area contributed by atoms with Gasteiger partial charge in [0.05, 0.1) is 0 Å². The fourth-order valence-electron chi connectivity index (χ4n) is 1.68. The summed E-state index contributed by atoms with van der Waals surface area (Å²) in [5, 5.41) is 3.21. The van der Waals surface area contributed by atoms with Crippen molar-refractivity contribution in [2.75, 3.05) is 33.7 Å². The SMILES string of the molecule is CCC(C)CN(C)CC(C)CNC. The largest absolute Gasteiger partial charge is 0.319 e. The quantitative estimate of drug-likeness (QED) is 0.652. The molecule has 80 valence electrons. The smallest absolute Gasteiger partial charge is 0.00162 e. The van der Waals surface area contributed by atoms with Gasteiger partial charge in [-0.3, -0.25) is 0 Å². The van der Waals surface area contributed by atoms with Gasteiger partial charge in [0.15, 0.2) is 0 Å². The van der Waals surface area contributed by atoms with Crippen LogP contribution in [0.25, 0.3) is 0 Å². The zero-order chi connectivity index (χ0) is 10.3. The summed E-state index contributed by atoms with van der Waals surface area (Å²) in [5.41, 5.74) is 0. The Bertz CT molecular complexity index is 115. The number of hydrogen-bond acceptors (Lipinski definition) is 2. The van der Waals surface area contributed by atoms with Gasteiger partial charge in [0, 0.05) is 13.1 Å². The molecule has 2 nitrogen and oxygen atoms in total. The van der Waals surface area contributed by atoms with Crippen molar-refractivity contribution in [2.45, 2.75) is 27.2 Å². The zero-order valence-corrected chi connectivity index (χ0v) is 9.93. The van der Waals surface area contributed by atoms with Gasteiger partial charge >= 0.3 is 0 Å². The van der Waals surface area contributed by atoms with E-state index in [0.717, 1.165) is 18.4 Å². The molecule has 1 N–H and O–H groups in total. The molecular weight excluding hydrogens is 160 g/mol. The lowest BCUT2D eigenvalue weighted by Gasteiger charge is -2.23. The van der Waals surface area contributed by atoms with Crippen molar-refractivity contribution in [2.24, 2.45) is 11.8 Å². The van der Waals surface area contributed by atoms with Gasteiger partial charge in [0.25, 0.3) is 0 Å². The van der Waals surface area contributed by atoms with Crippen molar-refractivity contribution in [1.82, 2.24) is 10.2 Å². The first-order valence-electron chi connectivity index (χ1n) is 5.43. The minimum absolute atomic E-state index is 0.749. The van der Waals surface area contributed by atoms with E-state index in [1.165, 1.54) is 19.5 Å². The summed E-state index contributed by atoms with van der Waals surface area (Å²) in [6.45, 7) is 10.4. The summed E-state index contributed by atoms with van der Waals surface area (Å²) in [7, 11) is 4.24. The lowest BCUT2D eigenvalue weighted by molar-refractivity contribution is 0.246. The molecule has 0 amide bonds. The third-order valence-corrected chi connectivity index (χ3v) is 2.50. The Morgan fingerprint density at radius 3 is 2.15 bits per heavy atom. The maximum absolute atomic E-state index is 3.21. The Kier molecular flexibility index (Phi) is 7.29. The Balaban J connectivity index is 3.54. The normalized spacial score (nSPS) is 16.2. The molecule has 0 aromatic carbocycles. The van der Waals surface area contributed by atoms with E-state index in [0.29, 0.717) is 0 Å². The first-order chi connectivity index (χ1) is 6.10. The van der Waals surface area contributed by atoms with Gasteiger partial charge in [-0.1, -0.05) is 27.2 Å². The van der Waals surface area contributed by atoms with E-state index in [1.807, 2.05) is 7.05 Å². The molecule has 0 aromatic heterocycles. The first-order valence-corrected chi connectivity index (χ1v) is 5.43. The van der Waals surface area contributed by atoms with Crippen LogP contribution in [0.4, 0.5) is 0 Å². The Labute approximate surface area is 83.7 Å². The summed E-state index contributed by atoms with van der Waals surface area (Å²) in [4.78, 5) is 2.44. The Morgan fingerprint density at radius 1 is 1.15 bits per heavy atom. The molecular formula is C11H26N2. The topological polar surface area (TPSA) is 15.3 Å². The fourth-order valence-corrected chi connectivity index (χ4v) is 1.68. The number of nitrogens with zero attached hydrogens (tertiary/aromatic N) is 1. The van der Waals surface area contributed by atoms with E-state index < -0.39 is 0 Å². The van der Waals surface area contributed by atoms with Crippen LogP contribution in [0.3, 0.4) is 0 Å². The molecule has 2 atom stereocenters. The molecule has 0 rings (SSSR count). The van der Waals surface area contributed by atoms with Crippen molar-refractivity contribution in [3.8, 4) is 0 Å². The summed E-state index contributed by atoms with van der Waals surface area (Å²) in [6, 6.07) is 0. The van der Waals surface area contributed by atoms with Gasteiger partial charge in [-0.25, -0.2) is 0 Å². The van der Waals surface area contributed by atoms with Crippen molar-refractivity contribution < 1.29 is 0 Å². The minimum Gasteiger partial charge on any atom is -0.319 e. The van der Waals surface area contributed by atoms with Crippen molar-refractivity contribution in [3.63, 3.8) is 0 Å². The van der Waals surface area contributed by atoms with Gasteiger partial charge in [0.1, 0.15) is 0 Å². The lowest BCUT2D eigenvalue weighted by Crippen LogP contribution is -2.32. The zero-order valence-electron chi connectivity index (χ0n) is 9.93. The molecule has 0 fully saturated rings. The van der Waals surface area contributed by atoms with Crippen LogP contribution < -0.4 is 5.32 Å². The Morgan fingerprint density at radius 2 is 1.69 bits per heavy atom. The number of hydrogen-bond donors (Lipinski definition) is 1. The molecule has 0 saturated carbocycles. The summed E-state index contributed by atoms with van der Waals surface area (Å²) in [5.74, 6) is 1.57. The molecule has 0 aliphatic heterocycles. The van der Waals surface area contributed by atoms with Crippen LogP contribution in [0.1, 0.15) is 27.2 Å². The van der Waals surface area contributed by atoms with E-state index in [1.54, 1.807) is 0 Å². The predicted octanol–water partition coefficient (Wildman–Crippen LogP) is 1.82. The van der Waals surface area contributed by atoms with Gasteiger partial charge in [-0.15, -0.1) is 0 Å². The average molecular weight is 186 g/mol. The molecule has 13 heavy (non-hydrogen) atoms. The van der Waals surface area contributed by atoms with Crippen molar-refractivity contribution in [1.29, 1.82) is 0 Å². The highest BCUT2D eigenvalue weighted by Crippen LogP contribution is 2.04. The lowest BCUT2D eigenvalue weighted by atomic mass is 10.1. The van der Waals surface area contributed by atoms with Crippen LogP contribution in [0.5, 0.6) is 0 Å². The second kappa shape index (κ2) is 7.34. The maximum atomic E-state index is 3.21. The monoisotopic (exact) mass is 186 g/mol. The Hall–Kier alpha value is -0.0800. The first kappa shape index (κ1) is 12.9. The highest BCUT2D eigenvalue weighted by molar-refractivity contribution is 4.63. The average Bonchev–Trinajstić information content (AvgIpc) is 2.04. The van der Waals surface area contributed by atoms with Gasteiger partial charge in [0.2, 0.25) is 0 Å².